The zero-order valence-corrected chi connectivity index (χ0v) is 14.3. The van der Waals surface area contributed by atoms with E-state index in [1.807, 2.05) is 6.92 Å². The molecule has 0 aliphatic heterocycles. The zero-order valence-electron chi connectivity index (χ0n) is 11.0. The number of nitrogens with one attached hydrogen (secondary N) is 1. The van der Waals surface area contributed by atoms with Crippen molar-refractivity contribution in [1.29, 1.82) is 0 Å². The number of rotatable bonds is 4. The van der Waals surface area contributed by atoms with Crippen molar-refractivity contribution in [3.63, 3.8) is 0 Å². The van der Waals surface area contributed by atoms with Crippen LogP contribution in [-0.4, -0.2) is 24.5 Å². The summed E-state index contributed by atoms with van der Waals surface area (Å²) in [7, 11) is -3.92. The normalized spacial score (nSPS) is 11.4. The van der Waals surface area contributed by atoms with E-state index in [9.17, 15) is 13.2 Å². The molecule has 0 saturated carbocycles. The van der Waals surface area contributed by atoms with Gasteiger partial charge in [-0.1, -0.05) is 0 Å². The molecule has 2 N–H and O–H groups in total. The summed E-state index contributed by atoms with van der Waals surface area (Å²) in [5, 5.41) is 9.20. The highest BCUT2D eigenvalue weighted by Gasteiger charge is 2.21. The summed E-state index contributed by atoms with van der Waals surface area (Å²) < 4.78 is 27.3. The number of aryl methyl sites for hydroxylation is 2. The molecule has 0 radical (unpaired) electrons. The van der Waals surface area contributed by atoms with E-state index in [2.05, 4.69) is 25.6 Å². The predicted octanol–water partition coefficient (Wildman–Crippen LogP) is 3.02. The number of anilines is 1. The largest absolute Gasteiger partial charge is 0.478 e. The lowest BCUT2D eigenvalue weighted by atomic mass is 10.2. The van der Waals surface area contributed by atoms with Gasteiger partial charge < -0.3 is 5.11 Å². The van der Waals surface area contributed by atoms with Crippen LogP contribution in [0, 0.1) is 13.8 Å². The zero-order chi connectivity index (χ0) is 15.8. The first-order valence-electron chi connectivity index (χ1n) is 5.70. The molecule has 2 rings (SSSR count). The highest BCUT2D eigenvalue weighted by Crippen LogP contribution is 2.28. The molecular formula is C12H11BrN2O4S2. The van der Waals surface area contributed by atoms with Gasteiger partial charge in [-0.05, 0) is 48.0 Å². The molecule has 21 heavy (non-hydrogen) atoms. The fourth-order valence-electron chi connectivity index (χ4n) is 1.53. The average Bonchev–Trinajstić information content (AvgIpc) is 2.67. The molecule has 1 aromatic heterocycles. The Balaban J connectivity index is 2.44. The summed E-state index contributed by atoms with van der Waals surface area (Å²) in [6.07, 6.45) is 0. The van der Waals surface area contributed by atoms with Crippen molar-refractivity contribution in [3.05, 3.63) is 38.8 Å². The highest BCUT2D eigenvalue weighted by atomic mass is 79.9. The monoisotopic (exact) mass is 390 g/mol. The first kappa shape index (κ1) is 15.9. The van der Waals surface area contributed by atoms with E-state index in [4.69, 9.17) is 5.11 Å². The number of aromatic carboxylic acids is 1. The number of nitrogens with zero attached hydrogens (tertiary/aromatic N) is 1. The average molecular weight is 391 g/mol. The van der Waals surface area contributed by atoms with Crippen molar-refractivity contribution >= 4 is 48.4 Å². The molecule has 1 heterocycles. The number of aromatic nitrogens is 1. The van der Waals surface area contributed by atoms with Crippen molar-refractivity contribution < 1.29 is 18.3 Å². The number of halogens is 1. The van der Waals surface area contributed by atoms with Crippen LogP contribution in [0.15, 0.2) is 27.6 Å². The van der Waals surface area contributed by atoms with E-state index < -0.39 is 16.0 Å². The van der Waals surface area contributed by atoms with Gasteiger partial charge in [-0.25, -0.2) is 18.2 Å². The Kier molecular flexibility index (Phi) is 4.35. The number of carbonyl (C=O) groups is 1. The fourth-order valence-corrected chi connectivity index (χ4v) is 4.57. The van der Waals surface area contributed by atoms with E-state index in [1.165, 1.54) is 23.5 Å². The summed E-state index contributed by atoms with van der Waals surface area (Å²) in [6, 6.07) is 3.81. The third kappa shape index (κ3) is 3.42. The first-order chi connectivity index (χ1) is 9.70. The highest BCUT2D eigenvalue weighted by molar-refractivity contribution is 9.10. The van der Waals surface area contributed by atoms with Crippen molar-refractivity contribution in [2.45, 2.75) is 18.7 Å². The van der Waals surface area contributed by atoms with Crippen LogP contribution >= 0.6 is 27.3 Å². The fraction of sp³-hybridized carbons (Fsp3) is 0.167. The topological polar surface area (TPSA) is 96.4 Å². The van der Waals surface area contributed by atoms with E-state index in [0.717, 1.165) is 16.6 Å². The number of carboxylic acid groups (broad SMARTS) is 1. The number of thiazole rings is 1. The molecule has 0 fully saturated rings. The molecule has 0 aliphatic carbocycles. The van der Waals surface area contributed by atoms with Gasteiger partial charge in [0, 0.05) is 9.35 Å². The van der Waals surface area contributed by atoms with E-state index in [-0.39, 0.29) is 20.1 Å². The summed E-state index contributed by atoms with van der Waals surface area (Å²) in [5.41, 5.74) is 0.640. The smallest absolute Gasteiger partial charge is 0.335 e. The minimum absolute atomic E-state index is 0.106. The number of hydrogen-bond donors (Lipinski definition) is 2. The van der Waals surface area contributed by atoms with E-state index in [0.29, 0.717) is 0 Å². The first-order valence-corrected chi connectivity index (χ1v) is 8.79. The molecule has 9 heteroatoms. The molecule has 0 bridgehead atoms. The Bertz CT molecular complexity index is 795. The van der Waals surface area contributed by atoms with Crippen LogP contribution in [0.4, 0.5) is 5.13 Å². The quantitative estimate of drug-likeness (QED) is 0.835. The van der Waals surface area contributed by atoms with Crippen LogP contribution in [0.25, 0.3) is 0 Å². The number of sulfonamides is 1. The Morgan fingerprint density at radius 2 is 2.05 bits per heavy atom. The summed E-state index contributed by atoms with van der Waals surface area (Å²) in [5.74, 6) is -1.19. The van der Waals surface area contributed by atoms with Gasteiger partial charge >= 0.3 is 5.97 Å². The molecular weight excluding hydrogens is 380 g/mol. The van der Waals surface area contributed by atoms with Crippen LogP contribution in [-0.2, 0) is 10.0 Å². The Morgan fingerprint density at radius 3 is 2.57 bits per heavy atom. The summed E-state index contributed by atoms with van der Waals surface area (Å²) in [4.78, 5) is 15.8. The molecule has 0 spiro atoms. The van der Waals surface area contributed by atoms with Crippen molar-refractivity contribution in [2.24, 2.45) is 0 Å². The van der Waals surface area contributed by atoms with Crippen LogP contribution in [0.3, 0.4) is 0 Å². The minimum atomic E-state index is -3.92. The molecule has 0 unspecified atom stereocenters. The molecule has 2 aromatic rings. The van der Waals surface area contributed by atoms with Gasteiger partial charge in [0.15, 0.2) is 5.13 Å². The molecule has 6 nitrogen and oxygen atoms in total. The third-order valence-electron chi connectivity index (χ3n) is 2.72. The lowest BCUT2D eigenvalue weighted by molar-refractivity contribution is 0.0696. The van der Waals surface area contributed by atoms with Crippen molar-refractivity contribution in [3.8, 4) is 0 Å². The SMILES string of the molecule is Cc1nc(NS(=O)(=O)c2cc(C(=O)O)ccc2Br)sc1C. The van der Waals surface area contributed by atoms with Gasteiger partial charge in [-0.3, -0.25) is 4.72 Å². The second kappa shape index (κ2) is 5.74. The van der Waals surface area contributed by atoms with Gasteiger partial charge in [0.1, 0.15) is 4.90 Å². The second-order valence-corrected chi connectivity index (χ2v) is 7.92. The number of hydrogen-bond acceptors (Lipinski definition) is 5. The van der Waals surface area contributed by atoms with Crippen molar-refractivity contribution in [1.82, 2.24) is 4.98 Å². The number of carboxylic acids is 1. The van der Waals surface area contributed by atoms with E-state index >= 15 is 0 Å². The summed E-state index contributed by atoms with van der Waals surface area (Å²) in [6.45, 7) is 3.62. The van der Waals surface area contributed by atoms with Gasteiger partial charge in [0.05, 0.1) is 11.3 Å². The van der Waals surface area contributed by atoms with Gasteiger partial charge in [0.2, 0.25) is 0 Å². The third-order valence-corrected chi connectivity index (χ3v) is 6.17. The van der Waals surface area contributed by atoms with Crippen molar-refractivity contribution in [2.75, 3.05) is 4.72 Å². The van der Waals surface area contributed by atoms with Gasteiger partial charge in [0.25, 0.3) is 10.0 Å². The van der Waals surface area contributed by atoms with Crippen LogP contribution < -0.4 is 4.72 Å². The minimum Gasteiger partial charge on any atom is -0.478 e. The molecule has 112 valence electrons. The maximum absolute atomic E-state index is 12.4. The Morgan fingerprint density at radius 1 is 1.38 bits per heavy atom. The summed E-state index contributed by atoms with van der Waals surface area (Å²) >= 11 is 4.34. The van der Waals surface area contributed by atoms with Crippen LogP contribution in [0.1, 0.15) is 20.9 Å². The van der Waals surface area contributed by atoms with E-state index in [1.54, 1.807) is 6.92 Å². The molecule has 0 atom stereocenters. The molecule has 0 saturated heterocycles. The van der Waals surface area contributed by atoms with Gasteiger partial charge in [-0.2, -0.15) is 0 Å². The Hall–Kier alpha value is -1.45. The lowest BCUT2D eigenvalue weighted by Crippen LogP contribution is -2.14. The maximum atomic E-state index is 12.4. The maximum Gasteiger partial charge on any atom is 0.335 e. The van der Waals surface area contributed by atoms with Crippen LogP contribution in [0.5, 0.6) is 0 Å². The molecule has 1 aromatic carbocycles. The second-order valence-electron chi connectivity index (χ2n) is 4.22. The van der Waals surface area contributed by atoms with Gasteiger partial charge in [-0.15, -0.1) is 11.3 Å². The predicted molar refractivity (Wildman–Crippen MR) is 83.5 cm³/mol. The Labute approximate surface area is 134 Å². The standard InChI is InChI=1S/C12H11BrN2O4S2/c1-6-7(2)20-12(14-6)15-21(18,19)10-5-8(11(16)17)3-4-9(10)13/h3-5H,1-2H3,(H,14,15)(H,16,17). The number of benzene rings is 1. The molecule has 0 aliphatic rings. The van der Waals surface area contributed by atoms with Crippen LogP contribution in [0.2, 0.25) is 0 Å². The lowest BCUT2D eigenvalue weighted by Gasteiger charge is -2.08. The molecule has 0 amide bonds.